The molecule has 0 amide bonds. The van der Waals surface area contributed by atoms with Gasteiger partial charge in [-0.05, 0) is 56.6 Å². The summed E-state index contributed by atoms with van der Waals surface area (Å²) in [6, 6.07) is 5.65. The fourth-order valence-electron chi connectivity index (χ4n) is 4.74. The first-order chi connectivity index (χ1) is 18.5. The molecule has 38 heavy (non-hydrogen) atoms. The van der Waals surface area contributed by atoms with Gasteiger partial charge in [0.15, 0.2) is 11.6 Å². The number of aryl methyl sites for hydroxylation is 1. The summed E-state index contributed by atoms with van der Waals surface area (Å²) in [6.45, 7) is 9.11. The van der Waals surface area contributed by atoms with Crippen molar-refractivity contribution in [3.63, 3.8) is 0 Å². The van der Waals surface area contributed by atoms with Crippen molar-refractivity contribution in [3.05, 3.63) is 76.4 Å². The van der Waals surface area contributed by atoms with Crippen LogP contribution in [0.25, 0.3) is 10.9 Å². The number of aromatic nitrogens is 6. The van der Waals surface area contributed by atoms with Crippen LogP contribution in [0.3, 0.4) is 0 Å². The molecule has 3 aromatic heterocycles. The van der Waals surface area contributed by atoms with Gasteiger partial charge in [-0.25, -0.2) is 15.0 Å². The SMILES string of the molecule is CCCN(CCC)CCCC(=O)c1nc2ccc(CN(Cc3ncc[nH]3)Cc3nccn3C)cc2c(=O)[nH]1. The monoisotopic (exact) mass is 518 g/mol. The Morgan fingerprint density at radius 2 is 1.82 bits per heavy atom. The Kier molecular flexibility index (Phi) is 9.56. The highest BCUT2D eigenvalue weighted by atomic mass is 16.1. The zero-order valence-corrected chi connectivity index (χ0v) is 22.6. The third kappa shape index (κ3) is 7.23. The molecule has 0 fully saturated rings. The summed E-state index contributed by atoms with van der Waals surface area (Å²) in [5.74, 6) is 1.81. The quantitative estimate of drug-likeness (QED) is 0.231. The highest BCUT2D eigenvalue weighted by Crippen LogP contribution is 2.16. The summed E-state index contributed by atoms with van der Waals surface area (Å²) >= 11 is 0. The number of carbonyl (C=O) groups excluding carboxylic acids is 1. The second kappa shape index (κ2) is 13.3. The summed E-state index contributed by atoms with van der Waals surface area (Å²) in [5.41, 5.74) is 1.21. The van der Waals surface area contributed by atoms with E-state index in [4.69, 9.17) is 0 Å². The van der Waals surface area contributed by atoms with Crippen LogP contribution in [0.5, 0.6) is 0 Å². The normalized spacial score (nSPS) is 11.7. The largest absolute Gasteiger partial charge is 0.348 e. The Bertz CT molecular complexity index is 1370. The molecule has 3 heterocycles. The van der Waals surface area contributed by atoms with E-state index in [0.29, 0.717) is 37.0 Å². The van der Waals surface area contributed by atoms with E-state index in [1.54, 1.807) is 18.6 Å². The van der Waals surface area contributed by atoms with Crippen LogP contribution in [-0.4, -0.2) is 64.7 Å². The van der Waals surface area contributed by atoms with Crippen LogP contribution in [0.4, 0.5) is 0 Å². The van der Waals surface area contributed by atoms with Crippen molar-refractivity contribution in [2.75, 3.05) is 19.6 Å². The number of Topliss-reactive ketones (excluding diaryl/α,β-unsaturated/α-hetero) is 1. The first kappa shape index (κ1) is 27.4. The molecule has 2 N–H and O–H groups in total. The number of hydrogen-bond acceptors (Lipinski definition) is 7. The number of imidazole rings is 2. The lowest BCUT2D eigenvalue weighted by Gasteiger charge is -2.21. The number of hydrogen-bond donors (Lipinski definition) is 2. The van der Waals surface area contributed by atoms with Gasteiger partial charge in [-0.1, -0.05) is 19.9 Å². The summed E-state index contributed by atoms with van der Waals surface area (Å²) in [7, 11) is 1.97. The van der Waals surface area contributed by atoms with E-state index in [0.717, 1.165) is 56.1 Å². The molecular formula is C28H38N8O2. The van der Waals surface area contributed by atoms with Crippen LogP contribution >= 0.6 is 0 Å². The standard InChI is InChI=1S/C28H38N8O2/c1-4-13-35(14-5-2)15-6-7-24(37)27-32-23-9-8-21(17-22(23)28(38)33-27)18-36(19-25-29-10-11-30-25)20-26-31-12-16-34(26)3/h8-12,16-17H,4-7,13-15,18-20H2,1-3H3,(H,29,30)(H,32,33,38). The molecule has 1 aromatic carbocycles. The van der Waals surface area contributed by atoms with Crippen LogP contribution in [0, 0.1) is 0 Å². The Labute approximate surface area is 223 Å². The highest BCUT2D eigenvalue weighted by Gasteiger charge is 2.15. The summed E-state index contributed by atoms with van der Waals surface area (Å²) in [5, 5.41) is 0.478. The molecule has 0 aliphatic rings. The first-order valence-electron chi connectivity index (χ1n) is 13.4. The molecule has 4 rings (SSSR count). The average molecular weight is 519 g/mol. The van der Waals surface area contributed by atoms with Gasteiger partial charge in [0.05, 0.1) is 24.0 Å². The first-order valence-corrected chi connectivity index (χ1v) is 13.4. The average Bonchev–Trinajstić information content (AvgIpc) is 3.56. The number of nitrogens with one attached hydrogen (secondary N) is 2. The maximum absolute atomic E-state index is 13.0. The van der Waals surface area contributed by atoms with Crippen molar-refractivity contribution in [1.29, 1.82) is 0 Å². The predicted molar refractivity (Wildman–Crippen MR) is 148 cm³/mol. The molecule has 0 radical (unpaired) electrons. The molecule has 0 bridgehead atoms. The van der Waals surface area contributed by atoms with E-state index >= 15 is 0 Å². The minimum absolute atomic E-state index is 0.124. The van der Waals surface area contributed by atoms with Gasteiger partial charge in [0.1, 0.15) is 11.6 Å². The van der Waals surface area contributed by atoms with E-state index in [9.17, 15) is 9.59 Å². The Hall–Kier alpha value is -3.63. The van der Waals surface area contributed by atoms with Crippen molar-refractivity contribution >= 4 is 16.7 Å². The fourth-order valence-corrected chi connectivity index (χ4v) is 4.74. The molecule has 0 aliphatic carbocycles. The maximum atomic E-state index is 13.0. The minimum Gasteiger partial charge on any atom is -0.348 e. The van der Waals surface area contributed by atoms with Gasteiger partial charge in [0.2, 0.25) is 0 Å². The van der Waals surface area contributed by atoms with Gasteiger partial charge in [0.25, 0.3) is 5.56 Å². The number of ketones is 1. The lowest BCUT2D eigenvalue weighted by Crippen LogP contribution is -2.27. The van der Waals surface area contributed by atoms with E-state index in [1.165, 1.54) is 0 Å². The number of aromatic amines is 2. The van der Waals surface area contributed by atoms with Crippen LogP contribution in [0.1, 0.15) is 67.4 Å². The van der Waals surface area contributed by atoms with E-state index < -0.39 is 0 Å². The van der Waals surface area contributed by atoms with Crippen LogP contribution in [-0.2, 0) is 26.7 Å². The molecule has 202 valence electrons. The molecule has 0 spiro atoms. The minimum atomic E-state index is -0.291. The number of carbonyl (C=O) groups is 1. The third-order valence-corrected chi connectivity index (χ3v) is 6.61. The number of rotatable bonds is 15. The smallest absolute Gasteiger partial charge is 0.259 e. The van der Waals surface area contributed by atoms with Gasteiger partial charge in [-0.15, -0.1) is 0 Å². The molecule has 0 unspecified atom stereocenters. The third-order valence-electron chi connectivity index (χ3n) is 6.61. The molecule has 0 saturated carbocycles. The van der Waals surface area contributed by atoms with Crippen molar-refractivity contribution in [1.82, 2.24) is 39.3 Å². The van der Waals surface area contributed by atoms with E-state index in [-0.39, 0.29) is 17.2 Å². The van der Waals surface area contributed by atoms with E-state index in [1.807, 2.05) is 36.0 Å². The zero-order chi connectivity index (χ0) is 26.9. The Balaban J connectivity index is 1.46. The number of H-pyrrole nitrogens is 2. The van der Waals surface area contributed by atoms with Crippen LogP contribution in [0.2, 0.25) is 0 Å². The van der Waals surface area contributed by atoms with Crippen LogP contribution < -0.4 is 5.56 Å². The molecule has 0 saturated heterocycles. The van der Waals surface area contributed by atoms with Crippen molar-refractivity contribution in [2.24, 2.45) is 7.05 Å². The van der Waals surface area contributed by atoms with E-state index in [2.05, 4.69) is 48.6 Å². The van der Waals surface area contributed by atoms with Crippen molar-refractivity contribution in [2.45, 2.75) is 59.2 Å². The summed E-state index contributed by atoms with van der Waals surface area (Å²) < 4.78 is 1.99. The molecule has 10 heteroatoms. The fraction of sp³-hybridized carbons (Fsp3) is 0.464. The highest BCUT2D eigenvalue weighted by molar-refractivity contribution is 5.94. The predicted octanol–water partition coefficient (Wildman–Crippen LogP) is 3.67. The maximum Gasteiger partial charge on any atom is 0.259 e. The van der Waals surface area contributed by atoms with Crippen molar-refractivity contribution in [3.8, 4) is 0 Å². The molecular weight excluding hydrogens is 480 g/mol. The molecule has 0 atom stereocenters. The molecule has 0 aliphatic heterocycles. The van der Waals surface area contributed by atoms with Gasteiger partial charge in [-0.3, -0.25) is 14.5 Å². The lowest BCUT2D eigenvalue weighted by molar-refractivity contribution is 0.0964. The molecule has 4 aromatic rings. The zero-order valence-electron chi connectivity index (χ0n) is 22.6. The van der Waals surface area contributed by atoms with Crippen LogP contribution in [0.15, 0.2) is 47.8 Å². The second-order valence-corrected chi connectivity index (χ2v) is 9.77. The van der Waals surface area contributed by atoms with Gasteiger partial charge < -0.3 is 19.4 Å². The topological polar surface area (TPSA) is 116 Å². The summed E-state index contributed by atoms with van der Waals surface area (Å²) in [4.78, 5) is 49.6. The second-order valence-electron chi connectivity index (χ2n) is 9.77. The van der Waals surface area contributed by atoms with Gasteiger partial charge in [0, 0.05) is 44.8 Å². The number of nitrogens with zero attached hydrogens (tertiary/aromatic N) is 6. The van der Waals surface area contributed by atoms with Gasteiger partial charge >= 0.3 is 0 Å². The Morgan fingerprint density at radius 1 is 1.00 bits per heavy atom. The summed E-state index contributed by atoms with van der Waals surface area (Å²) in [6.07, 6.45) is 10.6. The lowest BCUT2D eigenvalue weighted by atomic mass is 10.1. The molecule has 10 nitrogen and oxygen atoms in total. The number of fused-ring (bicyclic) bond motifs is 1. The van der Waals surface area contributed by atoms with Gasteiger partial charge in [-0.2, -0.15) is 0 Å². The Morgan fingerprint density at radius 3 is 2.50 bits per heavy atom. The number of benzene rings is 1. The van der Waals surface area contributed by atoms with Crippen molar-refractivity contribution < 1.29 is 4.79 Å².